The summed E-state index contributed by atoms with van der Waals surface area (Å²) in [6.45, 7) is 7.24. The van der Waals surface area contributed by atoms with Crippen LogP contribution in [0.25, 0.3) is 11.3 Å². The predicted molar refractivity (Wildman–Crippen MR) is 102 cm³/mol. The summed E-state index contributed by atoms with van der Waals surface area (Å²) in [6.07, 6.45) is 5.02. The van der Waals surface area contributed by atoms with E-state index in [1.165, 1.54) is 0 Å². The summed E-state index contributed by atoms with van der Waals surface area (Å²) in [5.41, 5.74) is 1.84. The molecule has 3 rings (SSSR count). The van der Waals surface area contributed by atoms with Crippen molar-refractivity contribution in [3.8, 4) is 11.3 Å². The first-order chi connectivity index (χ1) is 12.8. The summed E-state index contributed by atoms with van der Waals surface area (Å²) in [7, 11) is 0. The summed E-state index contributed by atoms with van der Waals surface area (Å²) in [4.78, 5) is 34.8. The lowest BCUT2D eigenvalue weighted by molar-refractivity contribution is -0.140. The van der Waals surface area contributed by atoms with Crippen LogP contribution >= 0.6 is 0 Å². The molecule has 1 fully saturated rings. The molecule has 6 heteroatoms. The van der Waals surface area contributed by atoms with Crippen LogP contribution < -0.4 is 0 Å². The number of nitrogens with zero attached hydrogens (tertiary/aromatic N) is 3. The van der Waals surface area contributed by atoms with Crippen molar-refractivity contribution in [2.45, 2.75) is 39.5 Å². The Morgan fingerprint density at radius 3 is 2.41 bits per heavy atom. The summed E-state index contributed by atoms with van der Waals surface area (Å²) >= 11 is 0. The molecule has 1 saturated heterocycles. The minimum atomic E-state index is -0.980. The molecule has 1 aliphatic heterocycles. The van der Waals surface area contributed by atoms with E-state index in [0.717, 1.165) is 18.5 Å². The van der Waals surface area contributed by atoms with Gasteiger partial charge in [0.15, 0.2) is 0 Å². The molecule has 0 atom stereocenters. The van der Waals surface area contributed by atoms with Crippen LogP contribution in [-0.4, -0.2) is 44.9 Å². The molecular formula is C21H25N3O3. The van der Waals surface area contributed by atoms with Crippen LogP contribution in [0.5, 0.6) is 0 Å². The molecule has 0 radical (unpaired) electrons. The smallest absolute Gasteiger partial charge is 0.336 e. The standard InChI is InChI=1S/C21H25N3O3/c1-21(2,3)20(27)24-10-8-14(9-11-24)17-12-22-13-18(23-17)15-6-4-5-7-16(15)19(25)26/h4-7,12-14H,8-11H2,1-3H3,(H,25,26). The van der Waals surface area contributed by atoms with Gasteiger partial charge in [0.1, 0.15) is 0 Å². The SMILES string of the molecule is CC(C)(C)C(=O)N1CCC(c2cncc(-c3ccccc3C(=O)O)n2)CC1. The first kappa shape index (κ1) is 19.0. The molecule has 1 aromatic carbocycles. The zero-order valence-electron chi connectivity index (χ0n) is 16.0. The first-order valence-electron chi connectivity index (χ1n) is 9.21. The molecule has 1 N–H and O–H groups in total. The van der Waals surface area contributed by atoms with Crippen molar-refractivity contribution in [1.82, 2.24) is 14.9 Å². The van der Waals surface area contributed by atoms with Crippen LogP contribution in [0.3, 0.4) is 0 Å². The zero-order chi connectivity index (χ0) is 19.6. The number of benzene rings is 1. The zero-order valence-corrected chi connectivity index (χ0v) is 16.0. The fourth-order valence-electron chi connectivity index (χ4n) is 3.45. The van der Waals surface area contributed by atoms with Gasteiger partial charge in [-0.2, -0.15) is 0 Å². The van der Waals surface area contributed by atoms with Crippen LogP contribution in [0.15, 0.2) is 36.7 Å². The molecule has 0 bridgehead atoms. The highest BCUT2D eigenvalue weighted by Crippen LogP contribution is 2.30. The Bertz CT molecular complexity index is 850. The van der Waals surface area contributed by atoms with Gasteiger partial charge in [0, 0.05) is 36.2 Å². The third-order valence-corrected chi connectivity index (χ3v) is 4.93. The van der Waals surface area contributed by atoms with E-state index in [9.17, 15) is 14.7 Å². The number of hydrogen-bond acceptors (Lipinski definition) is 4. The van der Waals surface area contributed by atoms with Gasteiger partial charge >= 0.3 is 5.97 Å². The van der Waals surface area contributed by atoms with Crippen molar-refractivity contribution in [3.05, 3.63) is 47.9 Å². The minimum absolute atomic E-state index is 0.177. The number of piperidine rings is 1. The van der Waals surface area contributed by atoms with Gasteiger partial charge in [-0.15, -0.1) is 0 Å². The number of likely N-dealkylation sites (tertiary alicyclic amines) is 1. The number of carbonyl (C=O) groups excluding carboxylic acids is 1. The molecule has 1 aliphatic rings. The molecule has 0 unspecified atom stereocenters. The molecule has 27 heavy (non-hydrogen) atoms. The third kappa shape index (κ3) is 4.15. The molecule has 142 valence electrons. The second-order valence-corrected chi connectivity index (χ2v) is 8.00. The Kier molecular flexibility index (Phi) is 5.26. The highest BCUT2D eigenvalue weighted by atomic mass is 16.4. The van der Waals surface area contributed by atoms with E-state index in [1.54, 1.807) is 36.7 Å². The fraction of sp³-hybridized carbons (Fsp3) is 0.429. The summed E-state index contributed by atoms with van der Waals surface area (Å²) in [5, 5.41) is 9.41. The van der Waals surface area contributed by atoms with E-state index in [-0.39, 0.29) is 22.8 Å². The third-order valence-electron chi connectivity index (χ3n) is 4.93. The Labute approximate surface area is 159 Å². The molecule has 2 aromatic rings. The van der Waals surface area contributed by atoms with Crippen molar-refractivity contribution in [3.63, 3.8) is 0 Å². The van der Waals surface area contributed by atoms with Crippen LogP contribution in [-0.2, 0) is 4.79 Å². The van der Waals surface area contributed by atoms with Crippen molar-refractivity contribution in [2.24, 2.45) is 5.41 Å². The van der Waals surface area contributed by atoms with Gasteiger partial charge in [-0.3, -0.25) is 9.78 Å². The van der Waals surface area contributed by atoms with E-state index in [4.69, 9.17) is 4.98 Å². The van der Waals surface area contributed by atoms with Crippen molar-refractivity contribution >= 4 is 11.9 Å². The number of carboxylic acid groups (broad SMARTS) is 1. The lowest BCUT2D eigenvalue weighted by atomic mass is 9.89. The maximum atomic E-state index is 12.4. The number of amides is 1. The second kappa shape index (κ2) is 7.47. The molecule has 0 saturated carbocycles. The first-order valence-corrected chi connectivity index (χ1v) is 9.21. The van der Waals surface area contributed by atoms with Gasteiger partial charge < -0.3 is 10.0 Å². The quantitative estimate of drug-likeness (QED) is 0.896. The normalized spacial score (nSPS) is 15.6. The molecule has 2 heterocycles. The number of hydrogen-bond donors (Lipinski definition) is 1. The van der Waals surface area contributed by atoms with Crippen molar-refractivity contribution in [2.75, 3.05) is 13.1 Å². The van der Waals surface area contributed by atoms with E-state index < -0.39 is 5.97 Å². The summed E-state index contributed by atoms with van der Waals surface area (Å²) < 4.78 is 0. The topological polar surface area (TPSA) is 83.4 Å². The maximum Gasteiger partial charge on any atom is 0.336 e. The lowest BCUT2D eigenvalue weighted by Gasteiger charge is -2.35. The van der Waals surface area contributed by atoms with Crippen LogP contribution in [0.1, 0.15) is 55.6 Å². The molecule has 0 spiro atoms. The number of aromatic nitrogens is 2. The van der Waals surface area contributed by atoms with Gasteiger partial charge in [0.05, 0.1) is 23.1 Å². The highest BCUT2D eigenvalue weighted by Gasteiger charge is 2.31. The lowest BCUT2D eigenvalue weighted by Crippen LogP contribution is -2.43. The average Bonchev–Trinajstić information content (AvgIpc) is 2.67. The fourth-order valence-corrected chi connectivity index (χ4v) is 3.45. The average molecular weight is 367 g/mol. The van der Waals surface area contributed by atoms with E-state index in [1.807, 2.05) is 25.7 Å². The van der Waals surface area contributed by atoms with Gasteiger partial charge in [-0.1, -0.05) is 39.0 Å². The van der Waals surface area contributed by atoms with Gasteiger partial charge in [0.2, 0.25) is 5.91 Å². The molecular weight excluding hydrogens is 342 g/mol. The summed E-state index contributed by atoms with van der Waals surface area (Å²) in [5.74, 6) is -0.582. The van der Waals surface area contributed by atoms with Crippen molar-refractivity contribution < 1.29 is 14.7 Å². The summed E-state index contributed by atoms with van der Waals surface area (Å²) in [6, 6.07) is 6.82. The van der Waals surface area contributed by atoms with Crippen LogP contribution in [0, 0.1) is 5.41 Å². The maximum absolute atomic E-state index is 12.4. The van der Waals surface area contributed by atoms with Gasteiger partial charge in [0.25, 0.3) is 0 Å². The van der Waals surface area contributed by atoms with E-state index in [2.05, 4.69) is 4.98 Å². The molecule has 1 aromatic heterocycles. The van der Waals surface area contributed by atoms with E-state index >= 15 is 0 Å². The Morgan fingerprint density at radius 1 is 1.11 bits per heavy atom. The number of carboxylic acids is 1. The molecule has 6 nitrogen and oxygen atoms in total. The number of carbonyl (C=O) groups is 2. The van der Waals surface area contributed by atoms with Gasteiger partial charge in [-0.05, 0) is 18.9 Å². The Morgan fingerprint density at radius 2 is 1.78 bits per heavy atom. The minimum Gasteiger partial charge on any atom is -0.478 e. The largest absolute Gasteiger partial charge is 0.478 e. The van der Waals surface area contributed by atoms with Gasteiger partial charge in [-0.25, -0.2) is 9.78 Å². The number of rotatable bonds is 3. The number of aromatic carboxylic acids is 1. The molecule has 0 aliphatic carbocycles. The Hall–Kier alpha value is -2.76. The highest BCUT2D eigenvalue weighted by molar-refractivity contribution is 5.95. The van der Waals surface area contributed by atoms with E-state index in [0.29, 0.717) is 24.3 Å². The van der Waals surface area contributed by atoms with Crippen LogP contribution in [0.4, 0.5) is 0 Å². The van der Waals surface area contributed by atoms with Crippen molar-refractivity contribution in [1.29, 1.82) is 0 Å². The van der Waals surface area contributed by atoms with Crippen LogP contribution in [0.2, 0.25) is 0 Å². The monoisotopic (exact) mass is 367 g/mol. The predicted octanol–water partition coefficient (Wildman–Crippen LogP) is 3.59. The Balaban J connectivity index is 1.78. The molecule has 1 amide bonds. The second-order valence-electron chi connectivity index (χ2n) is 8.00.